The molecule has 4 unspecified atom stereocenters. The third-order valence-corrected chi connectivity index (χ3v) is 7.80. The van der Waals surface area contributed by atoms with Gasteiger partial charge in [-0.3, -0.25) is 0 Å². The van der Waals surface area contributed by atoms with Crippen LogP contribution in [0.25, 0.3) is 0 Å². The number of aliphatic hydroxyl groups excluding tert-OH is 1. The van der Waals surface area contributed by atoms with Gasteiger partial charge >= 0.3 is 0 Å². The first kappa shape index (κ1) is 41.9. The molecule has 0 aliphatic carbocycles. The lowest BCUT2D eigenvalue weighted by Crippen LogP contribution is -2.38. The molecular formula is C40H68O6. The van der Waals surface area contributed by atoms with Gasteiger partial charge in [-0.2, -0.15) is 0 Å². The maximum Gasteiger partial charge on any atom is 0.120 e. The summed E-state index contributed by atoms with van der Waals surface area (Å²) in [7, 11) is 0. The predicted molar refractivity (Wildman–Crippen MR) is 193 cm³/mol. The van der Waals surface area contributed by atoms with E-state index in [4.69, 9.17) is 23.7 Å². The zero-order valence-corrected chi connectivity index (χ0v) is 31.7. The fourth-order valence-electron chi connectivity index (χ4n) is 4.64. The van der Waals surface area contributed by atoms with Crippen LogP contribution in [0.1, 0.15) is 122 Å². The van der Waals surface area contributed by atoms with Gasteiger partial charge < -0.3 is 28.8 Å². The van der Waals surface area contributed by atoms with E-state index >= 15 is 0 Å². The zero-order chi connectivity index (χ0) is 35.2. The van der Waals surface area contributed by atoms with Gasteiger partial charge in [0.15, 0.2) is 0 Å². The number of allylic oxidation sites excluding steroid dienone is 5. The lowest BCUT2D eigenvalue weighted by Gasteiger charge is -2.35. The number of hydrogen-bond donors (Lipinski definition) is 1. The van der Waals surface area contributed by atoms with Gasteiger partial charge in [0.05, 0.1) is 43.7 Å². The molecule has 264 valence electrons. The van der Waals surface area contributed by atoms with Gasteiger partial charge in [0.25, 0.3) is 0 Å². The Balaban J connectivity index is 0.00000135. The van der Waals surface area contributed by atoms with E-state index in [1.807, 2.05) is 51.1 Å². The second-order valence-electron chi connectivity index (χ2n) is 15.3. The van der Waals surface area contributed by atoms with E-state index in [1.165, 1.54) is 12.0 Å². The smallest absolute Gasteiger partial charge is 0.120 e. The molecular weight excluding hydrogens is 576 g/mol. The normalized spacial score (nSPS) is 19.9. The second kappa shape index (κ2) is 19.0. The maximum absolute atomic E-state index is 9.73. The van der Waals surface area contributed by atoms with Crippen molar-refractivity contribution in [3.05, 3.63) is 66.0 Å². The van der Waals surface area contributed by atoms with Gasteiger partial charge in [-0.15, -0.1) is 0 Å². The van der Waals surface area contributed by atoms with E-state index in [-0.39, 0.29) is 16.9 Å². The SMILES string of the molecule is CC1CO1.CCC.C\C=C/C(=C\C=C\C(C)(C)c1ccc(OC(C)(C)CC(C)O)cc1)OC(C)(C)C(C)COC(C)(C)CC1CO1. The molecule has 2 heterocycles. The minimum absolute atomic E-state index is 0.182. The van der Waals surface area contributed by atoms with Gasteiger partial charge in [-0.1, -0.05) is 71.4 Å². The molecule has 0 amide bonds. The Kier molecular flexibility index (Phi) is 17.3. The lowest BCUT2D eigenvalue weighted by atomic mass is 9.84. The van der Waals surface area contributed by atoms with Crippen molar-refractivity contribution < 1.29 is 28.8 Å². The number of benzene rings is 1. The number of hydrogen-bond acceptors (Lipinski definition) is 6. The Morgan fingerprint density at radius 2 is 1.50 bits per heavy atom. The predicted octanol–water partition coefficient (Wildman–Crippen LogP) is 9.75. The Labute approximate surface area is 282 Å². The van der Waals surface area contributed by atoms with Crippen LogP contribution in [0, 0.1) is 5.92 Å². The molecule has 0 saturated carbocycles. The Morgan fingerprint density at radius 1 is 0.957 bits per heavy atom. The molecule has 2 aliphatic heterocycles. The average molecular weight is 645 g/mol. The molecule has 0 radical (unpaired) electrons. The minimum atomic E-state index is -0.432. The Hall–Kier alpha value is -2.12. The summed E-state index contributed by atoms with van der Waals surface area (Å²) >= 11 is 0. The Morgan fingerprint density at radius 3 is 1.96 bits per heavy atom. The van der Waals surface area contributed by atoms with Crippen LogP contribution in [0.15, 0.2) is 60.4 Å². The largest absolute Gasteiger partial charge is 0.488 e. The lowest BCUT2D eigenvalue weighted by molar-refractivity contribution is -0.0892. The molecule has 3 rings (SSSR count). The van der Waals surface area contributed by atoms with Crippen LogP contribution in [0.2, 0.25) is 0 Å². The highest BCUT2D eigenvalue weighted by atomic mass is 16.6. The standard InChI is InChI=1S/C34H54O5.C3H6O.C3H8/c1-12-14-28(39-34(10,11)25(2)23-37-32(6,7)22-30-24-36-30)15-13-20-31(4,5)27-16-18-29(19-17-27)38-33(8,9)21-26(3)35;1-3-2-4-3;1-3-2/h12-20,25-26,30,35H,21-24H2,1-11H3;3H,2H2,1H3;3H2,1-2H3/b14-12-,20-13+,28-15+;;. The van der Waals surface area contributed by atoms with E-state index in [1.54, 1.807) is 6.92 Å². The molecule has 0 bridgehead atoms. The molecule has 1 aromatic carbocycles. The first-order valence-corrected chi connectivity index (χ1v) is 17.3. The summed E-state index contributed by atoms with van der Waals surface area (Å²) in [5, 5.41) is 9.73. The quantitative estimate of drug-likeness (QED) is 0.110. The highest BCUT2D eigenvalue weighted by Gasteiger charge is 2.35. The Bertz CT molecular complexity index is 1070. The summed E-state index contributed by atoms with van der Waals surface area (Å²) < 4.78 is 29.0. The molecule has 2 fully saturated rings. The third kappa shape index (κ3) is 18.3. The van der Waals surface area contributed by atoms with Crippen molar-refractivity contribution in [2.24, 2.45) is 5.92 Å². The second-order valence-corrected chi connectivity index (χ2v) is 15.3. The van der Waals surface area contributed by atoms with Crippen molar-refractivity contribution in [1.29, 1.82) is 0 Å². The summed E-state index contributed by atoms with van der Waals surface area (Å²) in [5.74, 6) is 1.81. The van der Waals surface area contributed by atoms with Crippen LogP contribution in [0.5, 0.6) is 5.75 Å². The van der Waals surface area contributed by atoms with E-state index in [9.17, 15) is 5.11 Å². The van der Waals surface area contributed by atoms with E-state index in [0.717, 1.165) is 31.1 Å². The first-order valence-electron chi connectivity index (χ1n) is 17.3. The van der Waals surface area contributed by atoms with Gasteiger partial charge in [0, 0.05) is 24.2 Å². The zero-order valence-electron chi connectivity index (χ0n) is 31.7. The first-order chi connectivity index (χ1) is 21.3. The van der Waals surface area contributed by atoms with Crippen LogP contribution in [0.3, 0.4) is 0 Å². The van der Waals surface area contributed by atoms with E-state index in [0.29, 0.717) is 25.2 Å². The van der Waals surface area contributed by atoms with Crippen LogP contribution in [-0.4, -0.2) is 60.0 Å². The molecule has 4 atom stereocenters. The molecule has 2 aliphatic rings. The maximum atomic E-state index is 9.73. The van der Waals surface area contributed by atoms with Gasteiger partial charge in [0.2, 0.25) is 0 Å². The topological polar surface area (TPSA) is 73.0 Å². The summed E-state index contributed by atoms with van der Waals surface area (Å²) in [6, 6.07) is 8.22. The van der Waals surface area contributed by atoms with Crippen molar-refractivity contribution >= 4 is 0 Å². The summed E-state index contributed by atoms with van der Waals surface area (Å²) in [5.41, 5.74) is -0.0399. The molecule has 6 nitrogen and oxygen atoms in total. The van der Waals surface area contributed by atoms with Crippen molar-refractivity contribution in [2.75, 3.05) is 19.8 Å². The monoisotopic (exact) mass is 645 g/mol. The molecule has 6 heteroatoms. The number of ether oxygens (including phenoxy) is 5. The average Bonchev–Trinajstić information content (AvgIpc) is 3.86. The number of aliphatic hydroxyl groups is 1. The van der Waals surface area contributed by atoms with Gasteiger partial charge in [-0.05, 0) is 92.2 Å². The van der Waals surface area contributed by atoms with E-state index in [2.05, 4.69) is 93.5 Å². The highest BCUT2D eigenvalue weighted by Crippen LogP contribution is 2.31. The summed E-state index contributed by atoms with van der Waals surface area (Å²) in [6.07, 6.45) is 13.6. The minimum Gasteiger partial charge on any atom is -0.488 e. The fraction of sp³-hybridized carbons (Fsp3) is 0.700. The van der Waals surface area contributed by atoms with Crippen molar-refractivity contribution in [3.8, 4) is 5.75 Å². The van der Waals surface area contributed by atoms with Crippen molar-refractivity contribution in [1.82, 2.24) is 0 Å². The van der Waals surface area contributed by atoms with Crippen LogP contribution < -0.4 is 4.74 Å². The van der Waals surface area contributed by atoms with Crippen molar-refractivity contribution in [2.45, 2.75) is 157 Å². The molecule has 1 N–H and O–H groups in total. The summed E-state index contributed by atoms with van der Waals surface area (Å²) in [6.45, 7) is 31.6. The molecule has 0 aromatic heterocycles. The molecule has 2 saturated heterocycles. The number of rotatable bonds is 16. The van der Waals surface area contributed by atoms with E-state index < -0.39 is 17.3 Å². The van der Waals surface area contributed by atoms with Gasteiger partial charge in [-0.25, -0.2) is 0 Å². The van der Waals surface area contributed by atoms with Crippen molar-refractivity contribution in [3.63, 3.8) is 0 Å². The molecule has 46 heavy (non-hydrogen) atoms. The number of epoxide rings is 2. The molecule has 0 spiro atoms. The van der Waals surface area contributed by atoms with Gasteiger partial charge in [0.1, 0.15) is 22.7 Å². The third-order valence-electron chi connectivity index (χ3n) is 7.80. The molecule has 1 aromatic rings. The van der Waals surface area contributed by atoms with Crippen LogP contribution in [0.4, 0.5) is 0 Å². The fourth-order valence-corrected chi connectivity index (χ4v) is 4.64. The summed E-state index contributed by atoms with van der Waals surface area (Å²) in [4.78, 5) is 0. The highest BCUT2D eigenvalue weighted by molar-refractivity contribution is 5.35. The van der Waals surface area contributed by atoms with Crippen LogP contribution >= 0.6 is 0 Å². The van der Waals surface area contributed by atoms with Crippen LogP contribution in [-0.2, 0) is 24.4 Å².